The number of nitrogens with one attached hydrogen (secondary N) is 1. The first-order valence-electron chi connectivity index (χ1n) is 9.30. The van der Waals surface area contributed by atoms with E-state index in [9.17, 15) is 9.59 Å². The summed E-state index contributed by atoms with van der Waals surface area (Å²) >= 11 is 0. The highest BCUT2D eigenvalue weighted by molar-refractivity contribution is 5.98. The molecular weight excluding hydrogens is 340 g/mol. The van der Waals surface area contributed by atoms with Gasteiger partial charge in [0.25, 0.3) is 0 Å². The summed E-state index contributed by atoms with van der Waals surface area (Å²) in [5.74, 6) is -0.135. The highest BCUT2D eigenvalue weighted by Crippen LogP contribution is 2.27. The molecule has 1 saturated heterocycles. The van der Waals surface area contributed by atoms with E-state index in [2.05, 4.69) is 10.2 Å². The van der Waals surface area contributed by atoms with Gasteiger partial charge in [0.05, 0.1) is 12.2 Å². The number of amides is 1. The van der Waals surface area contributed by atoms with Crippen LogP contribution in [0.2, 0.25) is 0 Å². The number of Topliss-reactive ketones (excluding diaryl/α,β-unsaturated/α-hetero) is 1. The molecule has 27 heavy (non-hydrogen) atoms. The fourth-order valence-electron chi connectivity index (χ4n) is 3.62. The number of hydrogen-bond donors (Lipinski definition) is 1. The average molecular weight is 366 g/mol. The number of carbonyl (C=O) groups excluding carboxylic acids is 2. The SMILES string of the molecule is CC(=O)c1cccc(NC(=O)[C@H](c2ccccc2)N2C[C@@H](C)O[C@H](C)C2)c1. The smallest absolute Gasteiger partial charge is 0.246 e. The van der Waals surface area contributed by atoms with Crippen molar-refractivity contribution >= 4 is 17.4 Å². The van der Waals surface area contributed by atoms with Crippen LogP contribution >= 0.6 is 0 Å². The van der Waals surface area contributed by atoms with Gasteiger partial charge in [0.2, 0.25) is 5.91 Å². The summed E-state index contributed by atoms with van der Waals surface area (Å²) < 4.78 is 5.83. The van der Waals surface area contributed by atoms with Gasteiger partial charge in [-0.1, -0.05) is 42.5 Å². The molecule has 1 heterocycles. The third-order valence-electron chi connectivity index (χ3n) is 4.71. The van der Waals surface area contributed by atoms with Crippen LogP contribution in [0, 0.1) is 0 Å². The molecule has 2 aromatic carbocycles. The Kier molecular flexibility index (Phi) is 6.04. The summed E-state index contributed by atoms with van der Waals surface area (Å²) in [7, 11) is 0. The van der Waals surface area contributed by atoms with Crippen LogP contribution in [-0.2, 0) is 9.53 Å². The van der Waals surface area contributed by atoms with Gasteiger partial charge in [-0.15, -0.1) is 0 Å². The monoisotopic (exact) mass is 366 g/mol. The maximum atomic E-state index is 13.2. The third-order valence-corrected chi connectivity index (χ3v) is 4.71. The fraction of sp³-hybridized carbons (Fsp3) is 0.364. The van der Waals surface area contributed by atoms with Gasteiger partial charge in [-0.3, -0.25) is 14.5 Å². The van der Waals surface area contributed by atoms with E-state index in [4.69, 9.17) is 4.74 Å². The molecule has 0 aliphatic carbocycles. The van der Waals surface area contributed by atoms with Crippen LogP contribution in [0.3, 0.4) is 0 Å². The van der Waals surface area contributed by atoms with Crippen LogP contribution < -0.4 is 5.32 Å². The molecule has 5 heteroatoms. The van der Waals surface area contributed by atoms with E-state index in [1.54, 1.807) is 24.3 Å². The minimum Gasteiger partial charge on any atom is -0.373 e. The van der Waals surface area contributed by atoms with E-state index >= 15 is 0 Å². The standard InChI is InChI=1S/C22H26N2O3/c1-15-13-24(14-16(2)27-15)21(18-8-5-4-6-9-18)22(26)23-20-11-7-10-19(12-20)17(3)25/h4-12,15-16,21H,13-14H2,1-3H3,(H,23,26)/t15-,16-,21+/m1/s1. The van der Waals surface area contributed by atoms with Crippen LogP contribution in [0.25, 0.3) is 0 Å². The van der Waals surface area contributed by atoms with E-state index in [0.717, 1.165) is 5.56 Å². The summed E-state index contributed by atoms with van der Waals surface area (Å²) in [5.41, 5.74) is 2.15. The lowest BCUT2D eigenvalue weighted by Crippen LogP contribution is -2.49. The van der Waals surface area contributed by atoms with Gasteiger partial charge in [-0.2, -0.15) is 0 Å². The van der Waals surface area contributed by atoms with E-state index in [1.165, 1.54) is 6.92 Å². The van der Waals surface area contributed by atoms with Gasteiger partial charge >= 0.3 is 0 Å². The zero-order chi connectivity index (χ0) is 19.4. The molecule has 1 amide bonds. The van der Waals surface area contributed by atoms with Gasteiger partial charge in [0.1, 0.15) is 6.04 Å². The van der Waals surface area contributed by atoms with Crippen molar-refractivity contribution in [3.8, 4) is 0 Å². The van der Waals surface area contributed by atoms with Crippen LogP contribution in [0.4, 0.5) is 5.69 Å². The molecule has 1 N–H and O–H groups in total. The van der Waals surface area contributed by atoms with Crippen LogP contribution in [-0.4, -0.2) is 41.9 Å². The van der Waals surface area contributed by atoms with Gasteiger partial charge in [0, 0.05) is 24.3 Å². The van der Waals surface area contributed by atoms with E-state index in [1.807, 2.05) is 44.2 Å². The Labute approximate surface area is 160 Å². The first kappa shape index (κ1) is 19.3. The molecule has 1 aliphatic heterocycles. The normalized spacial score (nSPS) is 21.4. The number of nitrogens with zero attached hydrogens (tertiary/aromatic N) is 1. The van der Waals surface area contributed by atoms with Crippen molar-refractivity contribution in [2.45, 2.75) is 39.0 Å². The fourth-order valence-corrected chi connectivity index (χ4v) is 3.62. The van der Waals surface area contributed by atoms with Crippen LogP contribution in [0.15, 0.2) is 54.6 Å². The van der Waals surface area contributed by atoms with Crippen molar-refractivity contribution in [1.82, 2.24) is 4.90 Å². The minimum atomic E-state index is -0.416. The molecule has 0 bridgehead atoms. The predicted molar refractivity (Wildman–Crippen MR) is 106 cm³/mol. The molecule has 1 fully saturated rings. The Morgan fingerprint density at radius 1 is 1.04 bits per heavy atom. The summed E-state index contributed by atoms with van der Waals surface area (Å²) in [6, 6.07) is 16.4. The second-order valence-corrected chi connectivity index (χ2v) is 7.15. The molecule has 3 rings (SSSR count). The van der Waals surface area contributed by atoms with Gasteiger partial charge in [0.15, 0.2) is 5.78 Å². The van der Waals surface area contributed by atoms with Gasteiger partial charge in [-0.25, -0.2) is 0 Å². The Bertz CT molecular complexity index is 796. The number of anilines is 1. The van der Waals surface area contributed by atoms with Crippen molar-refractivity contribution in [3.05, 3.63) is 65.7 Å². The number of ketones is 1. The number of carbonyl (C=O) groups is 2. The number of hydrogen-bond acceptors (Lipinski definition) is 4. The largest absolute Gasteiger partial charge is 0.373 e. The quantitative estimate of drug-likeness (QED) is 0.820. The second kappa shape index (κ2) is 8.46. The summed E-state index contributed by atoms with van der Waals surface area (Å²) in [4.78, 5) is 27.0. The molecule has 5 nitrogen and oxygen atoms in total. The highest BCUT2D eigenvalue weighted by atomic mass is 16.5. The van der Waals surface area contributed by atoms with Crippen LogP contribution in [0.1, 0.15) is 42.7 Å². The predicted octanol–water partition coefficient (Wildman–Crippen LogP) is 3.68. The van der Waals surface area contributed by atoms with E-state index in [-0.39, 0.29) is 23.9 Å². The first-order chi connectivity index (χ1) is 12.9. The van der Waals surface area contributed by atoms with Crippen molar-refractivity contribution in [3.63, 3.8) is 0 Å². The molecular formula is C22H26N2O3. The maximum absolute atomic E-state index is 13.2. The Morgan fingerprint density at radius 2 is 1.70 bits per heavy atom. The third kappa shape index (κ3) is 4.81. The molecule has 0 radical (unpaired) electrons. The molecule has 0 aromatic heterocycles. The lowest BCUT2D eigenvalue weighted by atomic mass is 10.0. The Hall–Kier alpha value is -2.50. The molecule has 142 valence electrons. The summed E-state index contributed by atoms with van der Waals surface area (Å²) in [5, 5.41) is 2.99. The van der Waals surface area contributed by atoms with Crippen molar-refractivity contribution < 1.29 is 14.3 Å². The molecule has 0 saturated carbocycles. The Balaban J connectivity index is 1.87. The van der Waals surface area contributed by atoms with Crippen molar-refractivity contribution in [2.75, 3.05) is 18.4 Å². The van der Waals surface area contributed by atoms with Gasteiger partial charge < -0.3 is 10.1 Å². The van der Waals surface area contributed by atoms with E-state index in [0.29, 0.717) is 24.3 Å². The topological polar surface area (TPSA) is 58.6 Å². The van der Waals surface area contributed by atoms with Crippen molar-refractivity contribution in [1.29, 1.82) is 0 Å². The first-order valence-corrected chi connectivity index (χ1v) is 9.30. The lowest BCUT2D eigenvalue weighted by Gasteiger charge is -2.39. The average Bonchev–Trinajstić information content (AvgIpc) is 2.62. The number of benzene rings is 2. The number of ether oxygens (including phenoxy) is 1. The molecule has 1 aliphatic rings. The van der Waals surface area contributed by atoms with Gasteiger partial charge in [-0.05, 0) is 38.5 Å². The molecule has 0 unspecified atom stereocenters. The molecule has 0 spiro atoms. The Morgan fingerprint density at radius 3 is 2.33 bits per heavy atom. The summed E-state index contributed by atoms with van der Waals surface area (Å²) in [6.45, 7) is 6.94. The van der Waals surface area contributed by atoms with Crippen molar-refractivity contribution in [2.24, 2.45) is 0 Å². The maximum Gasteiger partial charge on any atom is 0.246 e. The molecule has 3 atom stereocenters. The second-order valence-electron chi connectivity index (χ2n) is 7.15. The number of rotatable bonds is 5. The molecule has 2 aromatic rings. The highest BCUT2D eigenvalue weighted by Gasteiger charge is 2.33. The summed E-state index contributed by atoms with van der Waals surface area (Å²) in [6.07, 6.45) is 0.127. The zero-order valence-corrected chi connectivity index (χ0v) is 16.0. The number of morpholine rings is 1. The van der Waals surface area contributed by atoms with E-state index < -0.39 is 6.04 Å². The minimum absolute atomic E-state index is 0.0264. The zero-order valence-electron chi connectivity index (χ0n) is 16.0. The van der Waals surface area contributed by atoms with Crippen LogP contribution in [0.5, 0.6) is 0 Å². The lowest BCUT2D eigenvalue weighted by molar-refractivity contribution is -0.128.